The number of phosphoric acid groups is 1. The van der Waals surface area contributed by atoms with Gasteiger partial charge in [-0.25, -0.2) is 0 Å². The van der Waals surface area contributed by atoms with Crippen molar-refractivity contribution in [3.63, 3.8) is 0 Å². The van der Waals surface area contributed by atoms with Crippen molar-refractivity contribution in [3.05, 3.63) is 229 Å². The monoisotopic (exact) mass is 1410 g/mol. The molecule has 0 aliphatic carbocycles. The fourth-order valence-electron chi connectivity index (χ4n) is 17.4. The Hall–Kier alpha value is -7.39. The largest absolute Gasteiger partial charge is 0.647 e. The Morgan fingerprint density at radius 1 is 0.183 bits per heavy atom. The third kappa shape index (κ3) is 15.7. The first-order chi connectivity index (χ1) is 49.0. The summed E-state index contributed by atoms with van der Waals surface area (Å²) in [6.07, 6.45) is 0. The van der Waals surface area contributed by atoms with E-state index in [1.165, 1.54) is 66.8 Å². The molecule has 0 fully saturated rings. The van der Waals surface area contributed by atoms with E-state index < -0.39 is 7.82 Å². The molecule has 104 heavy (non-hydrogen) atoms. The van der Waals surface area contributed by atoms with E-state index in [2.05, 4.69) is 353 Å². The minimum atomic E-state index is -5.34. The minimum Gasteiger partial charge on any atom is -0.385 e. The van der Waals surface area contributed by atoms with E-state index in [0.29, 0.717) is 17.2 Å². The summed E-state index contributed by atoms with van der Waals surface area (Å²) in [4.78, 5) is 0. The molecule has 0 bridgehead atoms. The minimum absolute atomic E-state index is 0.00705. The summed E-state index contributed by atoms with van der Waals surface area (Å²) in [5.41, 5.74) is 30.2. The van der Waals surface area contributed by atoms with E-state index in [1.54, 1.807) is 0 Å². The molecule has 4 nitrogen and oxygen atoms in total. The van der Waals surface area contributed by atoms with Gasteiger partial charge in [0.1, 0.15) is 17.2 Å². The molecule has 554 valence electrons. The van der Waals surface area contributed by atoms with Crippen molar-refractivity contribution < 1.29 is 18.1 Å². The van der Waals surface area contributed by atoms with Gasteiger partial charge in [0.05, 0.1) is 0 Å². The molecule has 0 aromatic heterocycles. The fourth-order valence-corrected chi connectivity index (χ4v) is 18.7. The van der Waals surface area contributed by atoms with Gasteiger partial charge in [-0.1, -0.05) is 353 Å². The molecule has 0 atom stereocenters. The van der Waals surface area contributed by atoms with Crippen LogP contribution < -0.4 is 13.6 Å². The van der Waals surface area contributed by atoms with Gasteiger partial charge in [-0.15, -0.1) is 0 Å². The van der Waals surface area contributed by atoms with E-state index in [1.807, 2.05) is 0 Å². The lowest BCUT2D eigenvalue weighted by Gasteiger charge is -2.37. The lowest BCUT2D eigenvalue weighted by atomic mass is 9.73. The second-order valence-corrected chi connectivity index (χ2v) is 36.0. The van der Waals surface area contributed by atoms with Crippen LogP contribution in [0.1, 0.15) is 380 Å². The van der Waals surface area contributed by atoms with Crippen molar-refractivity contribution in [1.29, 1.82) is 0 Å². The zero-order valence-corrected chi connectivity index (χ0v) is 70.5. The van der Waals surface area contributed by atoms with Crippen molar-refractivity contribution >= 4 is 7.82 Å². The van der Waals surface area contributed by atoms with Gasteiger partial charge in [-0.2, -0.15) is 4.57 Å². The first kappa shape index (κ1) is 80.7. The highest BCUT2D eigenvalue weighted by molar-refractivity contribution is 7.49. The molecule has 0 heterocycles. The van der Waals surface area contributed by atoms with Crippen LogP contribution in [0.2, 0.25) is 0 Å². The maximum Gasteiger partial charge on any atom is 0.647 e. The van der Waals surface area contributed by atoms with Crippen LogP contribution in [0, 0.1) is 0 Å². The summed E-state index contributed by atoms with van der Waals surface area (Å²) >= 11 is 0. The van der Waals surface area contributed by atoms with Crippen molar-refractivity contribution in [2.24, 2.45) is 0 Å². The Morgan fingerprint density at radius 2 is 0.327 bits per heavy atom. The van der Waals surface area contributed by atoms with Gasteiger partial charge < -0.3 is 13.6 Å². The highest BCUT2D eigenvalue weighted by Gasteiger charge is 2.46. The number of rotatable bonds is 27. The summed E-state index contributed by atoms with van der Waals surface area (Å²) in [5, 5.41) is 0. The third-order valence-electron chi connectivity index (χ3n) is 21.6. The average Bonchev–Trinajstić information content (AvgIpc) is 0.719. The van der Waals surface area contributed by atoms with Crippen LogP contribution in [0.15, 0.2) is 146 Å². The molecule has 0 saturated carbocycles. The van der Waals surface area contributed by atoms with Gasteiger partial charge in [0.2, 0.25) is 0 Å². The number of hydrogen-bond acceptors (Lipinski definition) is 4. The molecule has 5 heteroatoms. The van der Waals surface area contributed by atoms with Gasteiger partial charge in [-0.05, 0) is 206 Å². The molecule has 0 amide bonds. The topological polar surface area (TPSA) is 44.8 Å². The molecule has 9 aromatic rings. The maximum atomic E-state index is 20.0. The Morgan fingerprint density at radius 3 is 0.471 bits per heavy atom. The number of benzene rings is 9. The third-order valence-corrected chi connectivity index (χ3v) is 22.9. The summed E-state index contributed by atoms with van der Waals surface area (Å²) in [6.45, 7) is 69.7. The lowest BCUT2D eigenvalue weighted by molar-refractivity contribution is 0.295. The molecule has 0 aliphatic rings. The van der Waals surface area contributed by atoms with E-state index >= 15 is 4.57 Å². The first-order valence-electron chi connectivity index (χ1n) is 40.0. The van der Waals surface area contributed by atoms with Crippen molar-refractivity contribution in [3.8, 4) is 84.0 Å². The summed E-state index contributed by atoms with van der Waals surface area (Å²) in [5.74, 6) is 2.17. The van der Waals surface area contributed by atoms with E-state index in [0.717, 1.165) is 83.5 Å². The quantitative estimate of drug-likeness (QED) is 0.0481. The van der Waals surface area contributed by atoms with E-state index in [9.17, 15) is 0 Å². The SMILES string of the molecule is CC(C)c1ccccc1-c1c(OP(=O)(Oc2c(-c3ccccc3C(C)C)c(-c3ccccc3C(C)C)c(C(C)C)c(C(C)C)c2C(C)C)Oc2c(-c3ccccc3C(C)C)c(-c3ccccc3C(C)C)c(C(C)C)c(C(C)C)c2C(C)C)c(C(C)C)c(C(C)C)c(C(C)C)c1-c1ccccc1C(C)C. The van der Waals surface area contributed by atoms with Crippen LogP contribution in [-0.4, -0.2) is 0 Å². The van der Waals surface area contributed by atoms with Crippen LogP contribution in [0.3, 0.4) is 0 Å². The van der Waals surface area contributed by atoms with Crippen LogP contribution in [0.4, 0.5) is 0 Å². The summed E-state index contributed by atoms with van der Waals surface area (Å²) in [7, 11) is -5.34. The molecule has 9 rings (SSSR count). The van der Waals surface area contributed by atoms with Crippen molar-refractivity contribution in [1.82, 2.24) is 0 Å². The highest BCUT2D eigenvalue weighted by Crippen LogP contribution is 2.66. The fraction of sp³-hybridized carbons (Fsp3) is 0.455. The van der Waals surface area contributed by atoms with Gasteiger partial charge in [-0.3, -0.25) is 0 Å². The van der Waals surface area contributed by atoms with Gasteiger partial charge >= 0.3 is 7.82 Å². The molecule has 0 unspecified atom stereocenters. The predicted octanol–water partition coefficient (Wildman–Crippen LogP) is 32.2. The molecule has 0 saturated heterocycles. The zero-order valence-electron chi connectivity index (χ0n) is 69.6. The van der Waals surface area contributed by atoms with Crippen LogP contribution in [0.25, 0.3) is 66.8 Å². The van der Waals surface area contributed by atoms with Crippen LogP contribution >= 0.6 is 7.82 Å². The Kier molecular flexibility index (Phi) is 25.7. The maximum absolute atomic E-state index is 20.0. The van der Waals surface area contributed by atoms with Crippen molar-refractivity contribution in [2.45, 2.75) is 296 Å². The zero-order chi connectivity index (χ0) is 76.6. The van der Waals surface area contributed by atoms with Gasteiger partial charge in [0.15, 0.2) is 0 Å². The van der Waals surface area contributed by atoms with Crippen LogP contribution in [-0.2, 0) is 4.57 Å². The molecule has 0 spiro atoms. The average molecular weight is 1410 g/mol. The molecule has 0 radical (unpaired) electrons. The molecule has 9 aromatic carbocycles. The van der Waals surface area contributed by atoms with Gasteiger partial charge in [0.25, 0.3) is 0 Å². The smallest absolute Gasteiger partial charge is 0.385 e. The molecule has 0 N–H and O–H groups in total. The molecular formula is C99H129O4P. The standard InChI is InChI=1S/C99H129O4P/c1-55(2)70-43-31-37-49-76(70)91-85(64(19)20)82(61(13)14)88(67(25)26)97(94(91)79-52-40-34-46-73(79)58(7)8)101-104(100,102-98-89(68(27)28)83(62(15)16)86(65(21)22)92(77-50-38-32-44-71(77)56(3)4)95(98)80-53-41-35-47-74(80)59(9)10)103-99-90(69(29)30)84(63(17)18)87(66(23)24)93(78-51-39-33-45-72(78)57(5)6)96(99)81-54-42-36-48-75(81)60(11)12/h31-69H,1-30H3. The van der Waals surface area contributed by atoms with E-state index in [-0.39, 0.29) is 88.8 Å². The Balaban J connectivity index is 1.70. The predicted molar refractivity (Wildman–Crippen MR) is 453 cm³/mol. The second-order valence-electron chi connectivity index (χ2n) is 34.5. The lowest BCUT2D eigenvalue weighted by Crippen LogP contribution is -2.19. The Bertz CT molecular complexity index is 4110. The van der Waals surface area contributed by atoms with Gasteiger partial charge in [0, 0.05) is 33.4 Å². The number of hydrogen-bond donors (Lipinski definition) is 0. The second kappa shape index (κ2) is 33.2. The summed E-state index contributed by atoms with van der Waals surface area (Å²) in [6, 6.07) is 53.9. The van der Waals surface area contributed by atoms with E-state index in [4.69, 9.17) is 13.6 Å². The van der Waals surface area contributed by atoms with Crippen molar-refractivity contribution in [2.75, 3.05) is 0 Å². The summed E-state index contributed by atoms with van der Waals surface area (Å²) < 4.78 is 45.8. The first-order valence-corrected chi connectivity index (χ1v) is 41.4. The highest BCUT2D eigenvalue weighted by atomic mass is 31.2. The Labute approximate surface area is 631 Å². The number of phosphoric ester groups is 1. The molecular weight excluding hydrogens is 1280 g/mol. The molecule has 0 aliphatic heterocycles. The van der Waals surface area contributed by atoms with Crippen LogP contribution in [0.5, 0.6) is 17.2 Å². The normalized spacial score (nSPS) is 12.5.